The minimum Gasteiger partial charge on any atom is -0.455 e. The molecule has 406 valence electrons. The molecule has 4 rings (SSSR count). The fourth-order valence-electron chi connectivity index (χ4n) is 8.18. The number of benzene rings is 1. The summed E-state index contributed by atoms with van der Waals surface area (Å²) < 4.78 is 16.7. The molecule has 3 aromatic rings. The SMILES string of the molecule is CCCC(=O)OCN(C(=O)[C@@H](NC(=O)[C@H]1CCCCN1C)C(C)CC)[C@H](C[C@@H](OC(C)=O)c1nc(C(=O)N[C@@H](Cc2ccccc2)C[C@H](C)C(=O)NNC(=O)OCCSSc2ncccc2[N+](=O)[O-])cs1)C(C)C. The summed E-state index contributed by atoms with van der Waals surface area (Å²) in [6.07, 6.45) is 3.71. The molecule has 0 radical (unpaired) electrons. The fraction of sp³-hybridized carbons (Fsp3) is 0.580. The van der Waals surface area contributed by atoms with E-state index in [0.717, 1.165) is 47.1 Å². The second-order valence-electron chi connectivity index (χ2n) is 18.5. The average Bonchev–Trinajstić information content (AvgIpc) is 3.87. The molecule has 74 heavy (non-hydrogen) atoms. The molecule has 1 unspecified atom stereocenters. The third kappa shape index (κ3) is 19.4. The van der Waals surface area contributed by atoms with Gasteiger partial charge >= 0.3 is 23.7 Å². The Kier molecular flexibility index (Phi) is 25.5. The van der Waals surface area contributed by atoms with Crippen molar-refractivity contribution in [2.45, 2.75) is 142 Å². The first kappa shape index (κ1) is 60.7. The third-order valence-electron chi connectivity index (χ3n) is 12.4. The van der Waals surface area contributed by atoms with E-state index in [1.54, 1.807) is 6.92 Å². The minimum absolute atomic E-state index is 0.0109. The number of aromatic nitrogens is 2. The number of rotatable bonds is 28. The molecule has 1 aliphatic heterocycles. The zero-order valence-electron chi connectivity index (χ0n) is 43.4. The van der Waals surface area contributed by atoms with Gasteiger partial charge in [-0.3, -0.25) is 49.2 Å². The molecular weight excluding hydrogens is 1010 g/mol. The maximum atomic E-state index is 14.9. The van der Waals surface area contributed by atoms with Crippen molar-refractivity contribution < 1.29 is 52.7 Å². The number of likely N-dealkylation sites (tertiary alicyclic amines) is 1. The Labute approximate surface area is 444 Å². The molecule has 0 spiro atoms. The standard InChI is InChI=1S/C50H71N9O12S3/c1-9-17-42(61)70-30-58(49(65)43(32(5)10-2)54-46(64)38-20-14-15-23-57(38)8)40(31(3)4)28-41(71-34(7)60)48-53-37(29-72-48)45(63)52-36(27-35-18-12-11-13-19-35)26-33(6)44(62)55-56-50(66)69-24-25-73-74-47-39(59(67)68)21-16-22-51-47/h11-13,16,18-19,21-22,29,31-33,36,38,40-41,43H,9-10,14-15,17,20,23-28,30H2,1-8H3,(H,52,63)(H,54,64)(H,55,62)(H,56,66)/t32?,33-,36+,38+,40+,41+,43-/m0/s1. The van der Waals surface area contributed by atoms with Crippen LogP contribution in [0.2, 0.25) is 0 Å². The highest BCUT2D eigenvalue weighted by Gasteiger charge is 2.39. The first-order valence-electron chi connectivity index (χ1n) is 24.9. The predicted octanol–water partition coefficient (Wildman–Crippen LogP) is 7.18. The van der Waals surface area contributed by atoms with E-state index in [9.17, 15) is 43.7 Å². The van der Waals surface area contributed by atoms with E-state index in [4.69, 9.17) is 14.2 Å². The maximum absolute atomic E-state index is 14.9. The van der Waals surface area contributed by atoms with Crippen LogP contribution in [0.25, 0.3) is 0 Å². The van der Waals surface area contributed by atoms with Gasteiger partial charge in [0.15, 0.2) is 17.9 Å². The van der Waals surface area contributed by atoms with Crippen LogP contribution in [-0.2, 0) is 44.6 Å². The van der Waals surface area contributed by atoms with Gasteiger partial charge < -0.3 is 29.7 Å². The summed E-state index contributed by atoms with van der Waals surface area (Å²) in [6.45, 7) is 12.6. The number of carbonyl (C=O) groups excluding carboxylic acids is 7. The number of nitrogens with zero attached hydrogens (tertiary/aromatic N) is 5. The number of likely N-dealkylation sites (N-methyl/N-ethyl adjacent to an activating group) is 1. The van der Waals surface area contributed by atoms with Gasteiger partial charge in [0.1, 0.15) is 23.4 Å². The molecule has 0 bridgehead atoms. The van der Waals surface area contributed by atoms with Gasteiger partial charge in [0.05, 0.1) is 11.0 Å². The van der Waals surface area contributed by atoms with Gasteiger partial charge in [-0.2, -0.15) is 0 Å². The van der Waals surface area contributed by atoms with Gasteiger partial charge in [0.25, 0.3) is 5.91 Å². The van der Waals surface area contributed by atoms with Crippen molar-refractivity contribution in [3.63, 3.8) is 0 Å². The number of nitro groups is 1. The number of thiazole rings is 1. The fourth-order valence-corrected chi connectivity index (χ4v) is 10.9. The van der Waals surface area contributed by atoms with Gasteiger partial charge in [0.2, 0.25) is 17.7 Å². The Morgan fingerprint density at radius 1 is 0.973 bits per heavy atom. The number of hydrogen-bond acceptors (Lipinski definition) is 18. The monoisotopic (exact) mass is 1090 g/mol. The minimum atomic E-state index is -1.04. The van der Waals surface area contributed by atoms with Crippen LogP contribution >= 0.6 is 32.9 Å². The summed E-state index contributed by atoms with van der Waals surface area (Å²) in [6, 6.07) is 9.48. The maximum Gasteiger partial charge on any atom is 0.426 e. The van der Waals surface area contributed by atoms with Crippen LogP contribution in [0, 0.1) is 27.9 Å². The van der Waals surface area contributed by atoms with E-state index in [1.165, 1.54) is 46.3 Å². The molecule has 1 fully saturated rings. The summed E-state index contributed by atoms with van der Waals surface area (Å²) in [4.78, 5) is 117. The quantitative estimate of drug-likeness (QED) is 0.0107. The van der Waals surface area contributed by atoms with E-state index >= 15 is 0 Å². The lowest BCUT2D eigenvalue weighted by atomic mass is 9.92. The molecule has 24 heteroatoms. The third-order valence-corrected chi connectivity index (χ3v) is 15.6. The number of hydrazine groups is 1. The van der Waals surface area contributed by atoms with Gasteiger partial charge in [-0.1, -0.05) is 95.5 Å². The molecule has 1 aromatic carbocycles. The van der Waals surface area contributed by atoms with Crippen LogP contribution in [0.4, 0.5) is 10.5 Å². The van der Waals surface area contributed by atoms with Crippen LogP contribution in [0.3, 0.4) is 0 Å². The van der Waals surface area contributed by atoms with E-state index < -0.39 is 83.6 Å². The molecule has 3 heterocycles. The van der Waals surface area contributed by atoms with Crippen LogP contribution in [0.15, 0.2) is 59.1 Å². The zero-order chi connectivity index (χ0) is 54.3. The number of nitrogens with one attached hydrogen (secondary N) is 4. The van der Waals surface area contributed by atoms with Crippen LogP contribution in [-0.4, -0.2) is 123 Å². The van der Waals surface area contributed by atoms with E-state index in [0.29, 0.717) is 25.7 Å². The number of esters is 2. The summed E-state index contributed by atoms with van der Waals surface area (Å²) in [5.41, 5.74) is 5.34. The van der Waals surface area contributed by atoms with Crippen molar-refractivity contribution in [3.8, 4) is 0 Å². The second kappa shape index (κ2) is 31.1. The van der Waals surface area contributed by atoms with Gasteiger partial charge in [-0.25, -0.2) is 20.2 Å². The number of pyridine rings is 1. The normalized spacial score (nSPS) is 16.0. The van der Waals surface area contributed by atoms with E-state index in [1.807, 2.05) is 76.9 Å². The van der Waals surface area contributed by atoms with Crippen molar-refractivity contribution >= 4 is 80.3 Å². The second-order valence-corrected chi connectivity index (χ2v) is 21.8. The molecule has 0 aliphatic carbocycles. The average molecular weight is 1090 g/mol. The topological polar surface area (TPSA) is 271 Å². The first-order valence-corrected chi connectivity index (χ1v) is 28.1. The first-order chi connectivity index (χ1) is 35.3. The Morgan fingerprint density at radius 2 is 1.72 bits per heavy atom. The number of amides is 5. The van der Waals surface area contributed by atoms with Crippen molar-refractivity contribution in [2.75, 3.05) is 32.7 Å². The summed E-state index contributed by atoms with van der Waals surface area (Å²) in [5.74, 6) is -3.98. The van der Waals surface area contributed by atoms with Crippen LogP contribution in [0.5, 0.6) is 0 Å². The lowest BCUT2D eigenvalue weighted by molar-refractivity contribution is -0.388. The highest BCUT2D eigenvalue weighted by Crippen LogP contribution is 2.35. The smallest absolute Gasteiger partial charge is 0.426 e. The van der Waals surface area contributed by atoms with Crippen molar-refractivity contribution in [3.05, 3.63) is 80.4 Å². The molecule has 2 aromatic heterocycles. The molecule has 4 N–H and O–H groups in total. The molecule has 7 atom stereocenters. The molecule has 5 amide bonds. The van der Waals surface area contributed by atoms with E-state index in [2.05, 4.69) is 31.5 Å². The molecule has 1 saturated heterocycles. The number of piperidine rings is 1. The summed E-state index contributed by atoms with van der Waals surface area (Å²) >= 11 is 1.09. The van der Waals surface area contributed by atoms with Gasteiger partial charge in [-0.05, 0) is 80.0 Å². The highest BCUT2D eigenvalue weighted by molar-refractivity contribution is 8.76. The Balaban J connectivity index is 1.48. The lowest BCUT2D eigenvalue weighted by Crippen LogP contribution is -2.59. The lowest BCUT2D eigenvalue weighted by Gasteiger charge is -2.39. The van der Waals surface area contributed by atoms with Crippen LogP contribution < -0.4 is 21.5 Å². The molecule has 0 saturated carbocycles. The van der Waals surface area contributed by atoms with Crippen molar-refractivity contribution in [1.29, 1.82) is 0 Å². The van der Waals surface area contributed by atoms with Crippen molar-refractivity contribution in [2.24, 2.45) is 17.8 Å². The predicted molar refractivity (Wildman–Crippen MR) is 281 cm³/mol. The molecule has 1 aliphatic rings. The van der Waals surface area contributed by atoms with Crippen molar-refractivity contribution in [1.82, 2.24) is 41.3 Å². The zero-order valence-corrected chi connectivity index (χ0v) is 45.8. The summed E-state index contributed by atoms with van der Waals surface area (Å²) in [5, 5.41) is 19.3. The Hall–Kier alpha value is -5.85. The Bertz CT molecular complexity index is 2340. The molecule has 21 nitrogen and oxygen atoms in total. The molecular formula is C50H71N9O12S3. The number of carbonyl (C=O) groups is 7. The van der Waals surface area contributed by atoms with Crippen LogP contribution in [0.1, 0.15) is 127 Å². The van der Waals surface area contributed by atoms with E-state index in [-0.39, 0.29) is 70.8 Å². The highest BCUT2D eigenvalue weighted by atomic mass is 33.1. The number of hydrogen-bond donors (Lipinski definition) is 4. The number of ether oxygens (including phenoxy) is 3. The van der Waals surface area contributed by atoms with Gasteiger partial charge in [0, 0.05) is 61.2 Å². The van der Waals surface area contributed by atoms with Gasteiger partial charge in [-0.15, -0.1) is 11.3 Å². The Morgan fingerprint density at radius 3 is 2.38 bits per heavy atom. The summed E-state index contributed by atoms with van der Waals surface area (Å²) in [7, 11) is 4.17. The largest absolute Gasteiger partial charge is 0.455 e.